The van der Waals surface area contributed by atoms with E-state index in [1.807, 2.05) is 0 Å². The molecule has 1 aliphatic rings. The van der Waals surface area contributed by atoms with Crippen molar-refractivity contribution in [3.63, 3.8) is 0 Å². The molecule has 0 aliphatic carbocycles. The van der Waals surface area contributed by atoms with Crippen molar-refractivity contribution in [3.05, 3.63) is 48.6 Å². The maximum atomic E-state index is 11.8. The Kier molecular flexibility index (Phi) is 5.54. The lowest BCUT2D eigenvalue weighted by Crippen LogP contribution is -2.45. The molecule has 23 heavy (non-hydrogen) atoms. The number of hydrogen-bond acceptors (Lipinski definition) is 6. The van der Waals surface area contributed by atoms with Gasteiger partial charge in [0.2, 0.25) is 0 Å². The van der Waals surface area contributed by atoms with Crippen LogP contribution >= 0.6 is 0 Å². The zero-order valence-electron chi connectivity index (χ0n) is 13.2. The minimum Gasteiger partial charge on any atom is -0.459 e. The highest BCUT2D eigenvalue weighted by molar-refractivity contribution is 5.89. The number of carbonyl (C=O) groups is 1. The smallest absolute Gasteiger partial charge is 0.338 e. The maximum Gasteiger partial charge on any atom is 0.338 e. The van der Waals surface area contributed by atoms with Crippen LogP contribution in [0.5, 0.6) is 0 Å². The van der Waals surface area contributed by atoms with Crippen molar-refractivity contribution in [1.82, 2.24) is 0 Å². The molecule has 0 saturated carbocycles. The number of rotatable bonds is 6. The van der Waals surface area contributed by atoms with Crippen molar-refractivity contribution in [3.8, 4) is 0 Å². The number of esters is 1. The van der Waals surface area contributed by atoms with Crippen LogP contribution in [0.25, 0.3) is 0 Å². The molecule has 1 aromatic carbocycles. The van der Waals surface area contributed by atoms with Crippen LogP contribution in [-0.2, 0) is 14.2 Å². The van der Waals surface area contributed by atoms with Crippen molar-refractivity contribution >= 4 is 5.97 Å². The van der Waals surface area contributed by atoms with Crippen LogP contribution < -0.4 is 0 Å². The highest BCUT2D eigenvalue weighted by Crippen LogP contribution is 2.31. The number of benzene rings is 1. The van der Waals surface area contributed by atoms with Gasteiger partial charge in [0, 0.05) is 0 Å². The van der Waals surface area contributed by atoms with E-state index in [0.717, 1.165) is 0 Å². The fraction of sp³-hybridized carbons (Fsp3) is 0.471. The summed E-state index contributed by atoms with van der Waals surface area (Å²) in [6, 6.07) is 8.42. The highest BCUT2D eigenvalue weighted by Gasteiger charge is 2.45. The Balaban J connectivity index is 1.91. The minimum atomic E-state index is -1.30. The van der Waals surface area contributed by atoms with E-state index in [1.165, 1.54) is 6.08 Å². The van der Waals surface area contributed by atoms with Crippen molar-refractivity contribution in [1.29, 1.82) is 0 Å². The Labute approximate surface area is 135 Å². The van der Waals surface area contributed by atoms with Gasteiger partial charge in [-0.2, -0.15) is 0 Å². The van der Waals surface area contributed by atoms with Crippen molar-refractivity contribution < 1.29 is 29.2 Å². The quantitative estimate of drug-likeness (QED) is 0.606. The van der Waals surface area contributed by atoms with E-state index >= 15 is 0 Å². The summed E-state index contributed by atoms with van der Waals surface area (Å²) < 4.78 is 16.2. The van der Waals surface area contributed by atoms with Crippen LogP contribution in [0.3, 0.4) is 0 Å². The van der Waals surface area contributed by atoms with Crippen LogP contribution in [-0.4, -0.2) is 53.0 Å². The number of hydrogen-bond donors (Lipinski definition) is 2. The van der Waals surface area contributed by atoms with Gasteiger partial charge in [0.05, 0.1) is 5.56 Å². The molecule has 0 radical (unpaired) electrons. The lowest BCUT2D eigenvalue weighted by atomic mass is 10.0. The molecular weight excluding hydrogens is 300 g/mol. The van der Waals surface area contributed by atoms with Crippen LogP contribution in [0.4, 0.5) is 0 Å². The molecule has 6 nitrogen and oxygen atoms in total. The number of aliphatic hydroxyl groups is 2. The first-order valence-electron chi connectivity index (χ1n) is 7.40. The summed E-state index contributed by atoms with van der Waals surface area (Å²) in [5, 5.41) is 20.3. The molecule has 1 heterocycles. The average molecular weight is 322 g/mol. The van der Waals surface area contributed by atoms with Gasteiger partial charge in [-0.05, 0) is 26.0 Å². The molecule has 6 heteroatoms. The summed E-state index contributed by atoms with van der Waals surface area (Å²) in [5.41, 5.74) is 0.375. The predicted molar refractivity (Wildman–Crippen MR) is 82.8 cm³/mol. The zero-order chi connectivity index (χ0) is 17.0. The fourth-order valence-corrected chi connectivity index (χ4v) is 2.40. The topological polar surface area (TPSA) is 85.2 Å². The van der Waals surface area contributed by atoms with Crippen LogP contribution in [0.2, 0.25) is 0 Å². The van der Waals surface area contributed by atoms with Gasteiger partial charge in [0.15, 0.2) is 5.79 Å². The molecule has 0 bridgehead atoms. The Morgan fingerprint density at radius 2 is 2.00 bits per heavy atom. The van der Waals surface area contributed by atoms with E-state index in [-0.39, 0.29) is 6.61 Å². The van der Waals surface area contributed by atoms with Crippen molar-refractivity contribution in [2.45, 2.75) is 44.1 Å². The van der Waals surface area contributed by atoms with Crippen LogP contribution in [0.1, 0.15) is 24.2 Å². The summed E-state index contributed by atoms with van der Waals surface area (Å²) in [5.74, 6) is -1.45. The number of carbonyl (C=O) groups excluding carboxylic acids is 1. The van der Waals surface area contributed by atoms with Gasteiger partial charge < -0.3 is 24.4 Å². The lowest BCUT2D eigenvalue weighted by molar-refractivity contribution is -0.163. The Morgan fingerprint density at radius 3 is 2.61 bits per heavy atom. The standard InChI is InChI=1S/C17H22O6/c1-4-13-15(23-17(2,3)22-13)14(19)12(18)10-21-16(20)11-8-6-5-7-9-11/h4-9,12-15,18-19H,1,10H2,2-3H3. The number of ether oxygens (including phenoxy) is 3. The molecular formula is C17H22O6. The molecule has 126 valence electrons. The molecule has 1 aliphatic heterocycles. The molecule has 1 fully saturated rings. The summed E-state index contributed by atoms with van der Waals surface area (Å²) in [6.45, 7) is 6.70. The molecule has 0 aromatic heterocycles. The van der Waals surface area contributed by atoms with Gasteiger partial charge in [0.1, 0.15) is 31.0 Å². The van der Waals surface area contributed by atoms with E-state index < -0.39 is 36.2 Å². The van der Waals surface area contributed by atoms with Gasteiger partial charge >= 0.3 is 5.97 Å². The molecule has 2 rings (SSSR count). The Hall–Kier alpha value is -1.73. The van der Waals surface area contributed by atoms with Gasteiger partial charge in [0.25, 0.3) is 0 Å². The lowest BCUT2D eigenvalue weighted by Gasteiger charge is -2.25. The molecule has 0 spiro atoms. The van der Waals surface area contributed by atoms with Crippen molar-refractivity contribution in [2.75, 3.05) is 6.61 Å². The SMILES string of the molecule is C=CC1OC(C)(C)OC1C(O)C(O)COC(=O)c1ccccc1. The Morgan fingerprint density at radius 1 is 1.35 bits per heavy atom. The third-order valence-electron chi connectivity index (χ3n) is 3.52. The largest absolute Gasteiger partial charge is 0.459 e. The first kappa shape index (κ1) is 17.6. The normalized spacial score (nSPS) is 25.6. The van der Waals surface area contributed by atoms with Gasteiger partial charge in [-0.15, -0.1) is 6.58 Å². The van der Waals surface area contributed by atoms with E-state index in [0.29, 0.717) is 5.56 Å². The van der Waals surface area contributed by atoms with Gasteiger partial charge in [-0.3, -0.25) is 0 Å². The Bertz CT molecular complexity index is 541. The average Bonchev–Trinajstić information content (AvgIpc) is 2.87. The molecule has 4 unspecified atom stereocenters. The first-order valence-corrected chi connectivity index (χ1v) is 7.40. The minimum absolute atomic E-state index is 0.348. The second-order valence-corrected chi connectivity index (χ2v) is 5.82. The summed E-state index contributed by atoms with van der Waals surface area (Å²) >= 11 is 0. The van der Waals surface area contributed by atoms with Crippen LogP contribution in [0.15, 0.2) is 43.0 Å². The monoisotopic (exact) mass is 322 g/mol. The molecule has 0 amide bonds. The second-order valence-electron chi connectivity index (χ2n) is 5.82. The van der Waals surface area contributed by atoms with Crippen molar-refractivity contribution in [2.24, 2.45) is 0 Å². The third-order valence-corrected chi connectivity index (χ3v) is 3.52. The molecule has 1 aromatic rings. The van der Waals surface area contributed by atoms with Gasteiger partial charge in [-0.25, -0.2) is 4.79 Å². The highest BCUT2D eigenvalue weighted by atomic mass is 16.8. The molecule has 2 N–H and O–H groups in total. The summed E-state index contributed by atoms with van der Waals surface area (Å²) in [7, 11) is 0. The van der Waals surface area contributed by atoms with E-state index in [2.05, 4.69) is 6.58 Å². The van der Waals surface area contributed by atoms with Gasteiger partial charge in [-0.1, -0.05) is 24.3 Å². The fourth-order valence-electron chi connectivity index (χ4n) is 2.40. The molecule has 4 atom stereocenters. The van der Waals surface area contributed by atoms with E-state index in [9.17, 15) is 15.0 Å². The predicted octanol–water partition coefficient (Wildman–Crippen LogP) is 1.27. The third kappa shape index (κ3) is 4.39. The van der Waals surface area contributed by atoms with Crippen LogP contribution in [0, 0.1) is 0 Å². The molecule has 1 saturated heterocycles. The zero-order valence-corrected chi connectivity index (χ0v) is 13.2. The second kappa shape index (κ2) is 7.23. The summed E-state index contributed by atoms with van der Waals surface area (Å²) in [4.78, 5) is 11.8. The number of aliphatic hydroxyl groups excluding tert-OH is 2. The summed E-state index contributed by atoms with van der Waals surface area (Å²) in [6.07, 6.45) is -2.41. The van der Waals surface area contributed by atoms with E-state index in [4.69, 9.17) is 14.2 Å². The maximum absolute atomic E-state index is 11.8. The van der Waals surface area contributed by atoms with E-state index in [1.54, 1.807) is 44.2 Å². The first-order chi connectivity index (χ1) is 10.8.